The molecule has 118 valence electrons. The standard InChI is InChI=1S/C19H20N2O2/c1-13-5-7-15(8-6-13)19(23)20-17-9-10-18-16(12-17)4-3-11-21(18)14(2)22/h5-10,12H,3-4,11H2,1-2H3,(H,20,23). The number of amides is 2. The van der Waals surface area contributed by atoms with Gasteiger partial charge in [0.1, 0.15) is 0 Å². The minimum absolute atomic E-state index is 0.0578. The number of carbonyl (C=O) groups excluding carboxylic acids is 2. The van der Waals surface area contributed by atoms with E-state index in [1.807, 2.05) is 49.4 Å². The molecule has 0 saturated carbocycles. The fraction of sp³-hybridized carbons (Fsp3) is 0.263. The Morgan fingerprint density at radius 2 is 1.83 bits per heavy atom. The molecule has 0 aromatic heterocycles. The Bertz CT molecular complexity index is 750. The maximum Gasteiger partial charge on any atom is 0.255 e. The quantitative estimate of drug-likeness (QED) is 0.922. The van der Waals surface area contributed by atoms with Crippen molar-refractivity contribution in [2.24, 2.45) is 0 Å². The van der Waals surface area contributed by atoms with Gasteiger partial charge in [0, 0.05) is 30.4 Å². The zero-order chi connectivity index (χ0) is 16.4. The highest BCUT2D eigenvalue weighted by molar-refractivity contribution is 6.04. The predicted octanol–water partition coefficient (Wildman–Crippen LogP) is 3.55. The third-order valence-corrected chi connectivity index (χ3v) is 4.15. The highest BCUT2D eigenvalue weighted by atomic mass is 16.2. The molecule has 2 aromatic rings. The maximum absolute atomic E-state index is 12.3. The minimum atomic E-state index is -0.121. The van der Waals surface area contributed by atoms with Crippen LogP contribution in [0, 0.1) is 6.92 Å². The molecule has 1 aliphatic heterocycles. The number of benzene rings is 2. The molecule has 1 heterocycles. The fourth-order valence-corrected chi connectivity index (χ4v) is 2.91. The first-order valence-corrected chi connectivity index (χ1v) is 7.83. The van der Waals surface area contributed by atoms with Crippen LogP contribution in [-0.2, 0) is 11.2 Å². The Balaban J connectivity index is 1.81. The van der Waals surface area contributed by atoms with Gasteiger partial charge in [0.2, 0.25) is 5.91 Å². The zero-order valence-electron chi connectivity index (χ0n) is 13.4. The molecule has 0 radical (unpaired) electrons. The number of hydrogen-bond acceptors (Lipinski definition) is 2. The minimum Gasteiger partial charge on any atom is -0.322 e. The largest absolute Gasteiger partial charge is 0.322 e. The van der Waals surface area contributed by atoms with Gasteiger partial charge in [0.15, 0.2) is 0 Å². The van der Waals surface area contributed by atoms with E-state index >= 15 is 0 Å². The number of nitrogens with one attached hydrogen (secondary N) is 1. The zero-order valence-corrected chi connectivity index (χ0v) is 13.4. The van der Waals surface area contributed by atoms with Crippen molar-refractivity contribution in [1.29, 1.82) is 0 Å². The molecule has 3 rings (SSSR count). The molecule has 2 aromatic carbocycles. The van der Waals surface area contributed by atoms with Crippen molar-refractivity contribution in [3.63, 3.8) is 0 Å². The van der Waals surface area contributed by atoms with Crippen LogP contribution >= 0.6 is 0 Å². The molecule has 4 heteroatoms. The van der Waals surface area contributed by atoms with Gasteiger partial charge in [-0.25, -0.2) is 0 Å². The summed E-state index contributed by atoms with van der Waals surface area (Å²) in [5.74, 6) is -0.0634. The van der Waals surface area contributed by atoms with Gasteiger partial charge in [-0.05, 0) is 55.7 Å². The Morgan fingerprint density at radius 1 is 1.09 bits per heavy atom. The van der Waals surface area contributed by atoms with Crippen LogP contribution in [-0.4, -0.2) is 18.4 Å². The van der Waals surface area contributed by atoms with Crippen LogP contribution in [0.1, 0.15) is 34.8 Å². The van der Waals surface area contributed by atoms with E-state index in [2.05, 4.69) is 5.32 Å². The van der Waals surface area contributed by atoms with Gasteiger partial charge in [-0.3, -0.25) is 9.59 Å². The number of hydrogen-bond donors (Lipinski definition) is 1. The normalized spacial score (nSPS) is 13.4. The molecule has 0 bridgehead atoms. The lowest BCUT2D eigenvalue weighted by Crippen LogP contribution is -2.33. The van der Waals surface area contributed by atoms with Crippen LogP contribution in [0.5, 0.6) is 0 Å². The summed E-state index contributed by atoms with van der Waals surface area (Å²) in [5, 5.41) is 2.93. The van der Waals surface area contributed by atoms with E-state index < -0.39 is 0 Å². The van der Waals surface area contributed by atoms with Gasteiger partial charge in [-0.15, -0.1) is 0 Å². The van der Waals surface area contributed by atoms with Crippen LogP contribution in [0.15, 0.2) is 42.5 Å². The predicted molar refractivity (Wildman–Crippen MR) is 91.9 cm³/mol. The second kappa shape index (κ2) is 6.24. The van der Waals surface area contributed by atoms with Gasteiger partial charge >= 0.3 is 0 Å². The average molecular weight is 308 g/mol. The van der Waals surface area contributed by atoms with E-state index in [9.17, 15) is 9.59 Å². The van der Waals surface area contributed by atoms with Gasteiger partial charge in [0.25, 0.3) is 5.91 Å². The first-order valence-electron chi connectivity index (χ1n) is 7.83. The first kappa shape index (κ1) is 15.3. The maximum atomic E-state index is 12.3. The summed E-state index contributed by atoms with van der Waals surface area (Å²) in [7, 11) is 0. The molecule has 0 aliphatic carbocycles. The number of anilines is 2. The SMILES string of the molecule is CC(=O)N1CCCc2cc(NC(=O)c3ccc(C)cc3)ccc21. The van der Waals surface area contributed by atoms with Crippen molar-refractivity contribution < 1.29 is 9.59 Å². The lowest BCUT2D eigenvalue weighted by Gasteiger charge is -2.29. The van der Waals surface area contributed by atoms with Crippen LogP contribution in [0.3, 0.4) is 0 Å². The van der Waals surface area contributed by atoms with Crippen molar-refractivity contribution in [1.82, 2.24) is 0 Å². The highest BCUT2D eigenvalue weighted by Crippen LogP contribution is 2.29. The molecular formula is C19H20N2O2. The van der Waals surface area contributed by atoms with Crippen LogP contribution < -0.4 is 10.2 Å². The molecule has 0 unspecified atom stereocenters. The van der Waals surface area contributed by atoms with Gasteiger partial charge in [-0.2, -0.15) is 0 Å². The molecular weight excluding hydrogens is 288 g/mol. The monoisotopic (exact) mass is 308 g/mol. The Morgan fingerprint density at radius 3 is 2.52 bits per heavy atom. The Hall–Kier alpha value is -2.62. The van der Waals surface area contributed by atoms with E-state index in [-0.39, 0.29) is 11.8 Å². The summed E-state index contributed by atoms with van der Waals surface area (Å²) in [5.41, 5.74) is 4.59. The number of rotatable bonds is 2. The highest BCUT2D eigenvalue weighted by Gasteiger charge is 2.20. The van der Waals surface area contributed by atoms with Crippen LogP contribution in [0.25, 0.3) is 0 Å². The van der Waals surface area contributed by atoms with Gasteiger partial charge in [-0.1, -0.05) is 17.7 Å². The molecule has 0 atom stereocenters. The van der Waals surface area contributed by atoms with E-state index in [1.165, 1.54) is 0 Å². The molecule has 0 fully saturated rings. The lowest BCUT2D eigenvalue weighted by atomic mass is 10.0. The van der Waals surface area contributed by atoms with Crippen molar-refractivity contribution in [3.8, 4) is 0 Å². The third kappa shape index (κ3) is 3.26. The van der Waals surface area contributed by atoms with Crippen molar-refractivity contribution >= 4 is 23.2 Å². The van der Waals surface area contributed by atoms with Gasteiger partial charge < -0.3 is 10.2 Å². The Labute approximate surface area is 136 Å². The van der Waals surface area contributed by atoms with Crippen molar-refractivity contribution in [2.45, 2.75) is 26.7 Å². The molecule has 0 saturated heterocycles. The lowest BCUT2D eigenvalue weighted by molar-refractivity contribution is -0.116. The summed E-state index contributed by atoms with van der Waals surface area (Å²) in [6.07, 6.45) is 1.87. The van der Waals surface area contributed by atoms with E-state index in [0.717, 1.165) is 41.9 Å². The smallest absolute Gasteiger partial charge is 0.255 e. The Kier molecular flexibility index (Phi) is 4.15. The van der Waals surface area contributed by atoms with Gasteiger partial charge in [0.05, 0.1) is 0 Å². The molecule has 0 spiro atoms. The first-order chi connectivity index (χ1) is 11.0. The van der Waals surface area contributed by atoms with Crippen LogP contribution in [0.4, 0.5) is 11.4 Å². The summed E-state index contributed by atoms with van der Waals surface area (Å²) in [4.78, 5) is 25.8. The van der Waals surface area contributed by atoms with Crippen molar-refractivity contribution in [3.05, 3.63) is 59.2 Å². The second-order valence-electron chi connectivity index (χ2n) is 5.94. The summed E-state index contributed by atoms with van der Waals surface area (Å²) < 4.78 is 0. The average Bonchev–Trinajstić information content (AvgIpc) is 2.54. The van der Waals surface area contributed by atoms with E-state index in [1.54, 1.807) is 11.8 Å². The third-order valence-electron chi connectivity index (χ3n) is 4.15. The molecule has 4 nitrogen and oxygen atoms in total. The molecule has 1 aliphatic rings. The summed E-state index contributed by atoms with van der Waals surface area (Å²) in [6.45, 7) is 4.34. The van der Waals surface area contributed by atoms with E-state index in [4.69, 9.17) is 0 Å². The number of nitrogens with zero attached hydrogens (tertiary/aromatic N) is 1. The summed E-state index contributed by atoms with van der Waals surface area (Å²) in [6, 6.07) is 13.2. The number of fused-ring (bicyclic) bond motifs is 1. The van der Waals surface area contributed by atoms with Crippen molar-refractivity contribution in [2.75, 3.05) is 16.8 Å². The summed E-state index contributed by atoms with van der Waals surface area (Å²) >= 11 is 0. The second-order valence-corrected chi connectivity index (χ2v) is 5.94. The van der Waals surface area contributed by atoms with Crippen LogP contribution in [0.2, 0.25) is 0 Å². The van der Waals surface area contributed by atoms with E-state index in [0.29, 0.717) is 5.56 Å². The molecule has 1 N–H and O–H groups in total. The number of aryl methyl sites for hydroxylation is 2. The number of carbonyl (C=O) groups is 2. The topological polar surface area (TPSA) is 49.4 Å². The molecule has 2 amide bonds. The fourth-order valence-electron chi connectivity index (χ4n) is 2.91. The molecule has 23 heavy (non-hydrogen) atoms.